The number of hydrogen-bond acceptors (Lipinski definition) is 5. The van der Waals surface area contributed by atoms with E-state index in [4.69, 9.17) is 18.2 Å². The summed E-state index contributed by atoms with van der Waals surface area (Å²) >= 11 is 0. The Morgan fingerprint density at radius 2 is 1.13 bits per heavy atom. The Bertz CT molecular complexity index is 3440. The summed E-state index contributed by atoms with van der Waals surface area (Å²) in [6.07, 6.45) is 0. The van der Waals surface area contributed by atoms with Gasteiger partial charge in [0.05, 0.1) is 27.8 Å². The SMILES string of the molecule is c1ccc(-c2nc3cc4c(cc3o2)oc2cccc(N(c3ccc5oc6ccccc6c5c3)c3cccc5c6ccccc6n(-c6ccccc6)c35)c24)cc1. The summed E-state index contributed by atoms with van der Waals surface area (Å²) in [6, 6.07) is 60.9. The molecule has 12 aromatic rings. The molecule has 0 atom stereocenters. The van der Waals surface area contributed by atoms with E-state index < -0.39 is 0 Å². The van der Waals surface area contributed by atoms with Crippen LogP contribution in [0.4, 0.5) is 17.1 Å². The van der Waals surface area contributed by atoms with E-state index in [1.54, 1.807) is 0 Å². The van der Waals surface area contributed by atoms with Crippen LogP contribution in [-0.2, 0) is 0 Å². The van der Waals surface area contributed by atoms with E-state index in [2.05, 4.69) is 131 Å². The Kier molecular flexibility index (Phi) is 6.24. The molecular formula is C49H29N3O3. The third-order valence-corrected chi connectivity index (χ3v) is 10.8. The normalized spacial score (nSPS) is 12.0. The summed E-state index contributed by atoms with van der Waals surface area (Å²) in [5.74, 6) is 0.579. The maximum Gasteiger partial charge on any atom is 0.227 e. The van der Waals surface area contributed by atoms with E-state index in [-0.39, 0.29) is 0 Å². The van der Waals surface area contributed by atoms with Gasteiger partial charge in [-0.3, -0.25) is 0 Å². The molecule has 0 N–H and O–H groups in total. The molecule has 8 aromatic carbocycles. The number of furan rings is 2. The van der Waals surface area contributed by atoms with Crippen LogP contribution in [-0.4, -0.2) is 9.55 Å². The van der Waals surface area contributed by atoms with Crippen molar-refractivity contribution in [3.05, 3.63) is 176 Å². The van der Waals surface area contributed by atoms with Crippen molar-refractivity contribution < 1.29 is 13.3 Å². The van der Waals surface area contributed by atoms with Gasteiger partial charge in [-0.15, -0.1) is 0 Å². The summed E-state index contributed by atoms with van der Waals surface area (Å²) in [5.41, 5.74) is 11.9. The highest BCUT2D eigenvalue weighted by Gasteiger charge is 2.25. The molecule has 6 nitrogen and oxygen atoms in total. The van der Waals surface area contributed by atoms with E-state index in [0.29, 0.717) is 11.5 Å². The number of nitrogens with zero attached hydrogens (tertiary/aromatic N) is 3. The van der Waals surface area contributed by atoms with Crippen molar-refractivity contribution in [1.82, 2.24) is 9.55 Å². The van der Waals surface area contributed by atoms with Gasteiger partial charge in [0, 0.05) is 49.9 Å². The molecular weight excluding hydrogens is 679 g/mol. The van der Waals surface area contributed by atoms with Crippen molar-refractivity contribution in [1.29, 1.82) is 0 Å². The number of fused-ring (bicyclic) bond motifs is 10. The van der Waals surface area contributed by atoms with Crippen molar-refractivity contribution >= 4 is 93.8 Å². The van der Waals surface area contributed by atoms with Crippen LogP contribution in [0.2, 0.25) is 0 Å². The second-order valence-electron chi connectivity index (χ2n) is 13.9. The van der Waals surface area contributed by atoms with Crippen LogP contribution in [0.5, 0.6) is 0 Å². The quantitative estimate of drug-likeness (QED) is 0.178. The van der Waals surface area contributed by atoms with Gasteiger partial charge in [0.1, 0.15) is 27.8 Å². The Morgan fingerprint density at radius 1 is 0.436 bits per heavy atom. The molecule has 55 heavy (non-hydrogen) atoms. The molecule has 0 saturated heterocycles. The number of hydrogen-bond donors (Lipinski definition) is 0. The highest BCUT2D eigenvalue weighted by Crippen LogP contribution is 2.48. The Balaban J connectivity index is 1.19. The van der Waals surface area contributed by atoms with Gasteiger partial charge in [0.15, 0.2) is 5.58 Å². The predicted octanol–water partition coefficient (Wildman–Crippen LogP) is 13.9. The van der Waals surface area contributed by atoms with Crippen LogP contribution in [0, 0.1) is 0 Å². The minimum absolute atomic E-state index is 0.579. The van der Waals surface area contributed by atoms with Crippen LogP contribution in [0.3, 0.4) is 0 Å². The number of oxazole rings is 1. The van der Waals surface area contributed by atoms with Gasteiger partial charge in [-0.1, -0.05) is 91.0 Å². The van der Waals surface area contributed by atoms with Crippen LogP contribution in [0.1, 0.15) is 0 Å². The van der Waals surface area contributed by atoms with Crippen LogP contribution < -0.4 is 4.90 Å². The molecule has 0 bridgehead atoms. The molecule has 4 heterocycles. The number of para-hydroxylation sites is 4. The smallest absolute Gasteiger partial charge is 0.227 e. The van der Waals surface area contributed by atoms with Crippen LogP contribution in [0.15, 0.2) is 189 Å². The highest BCUT2D eigenvalue weighted by atomic mass is 16.4. The average molecular weight is 708 g/mol. The molecule has 0 saturated carbocycles. The fourth-order valence-corrected chi connectivity index (χ4v) is 8.41. The first-order chi connectivity index (χ1) is 27.3. The van der Waals surface area contributed by atoms with Crippen molar-refractivity contribution in [3.63, 3.8) is 0 Å². The second-order valence-corrected chi connectivity index (χ2v) is 13.9. The summed E-state index contributed by atoms with van der Waals surface area (Å²) in [7, 11) is 0. The fraction of sp³-hybridized carbons (Fsp3) is 0. The summed E-state index contributed by atoms with van der Waals surface area (Å²) < 4.78 is 21.6. The standard InChI is InChI=1S/C49H29N3O3/c1-3-13-30(14-4-1)49-50-38-28-37-45(29-46(38)55-49)54-44-24-12-21-40(47(37)44)51(32-25-26-43-36(27-32)34-18-8-10-23-42(34)53-43)41-22-11-19-35-33-17-7-9-20-39(33)52(48(35)41)31-15-5-2-6-16-31/h1-29H. The fourth-order valence-electron chi connectivity index (χ4n) is 8.41. The molecule has 0 aliphatic carbocycles. The minimum atomic E-state index is 0.579. The lowest BCUT2D eigenvalue weighted by Gasteiger charge is -2.28. The Hall–Kier alpha value is -7.57. The van der Waals surface area contributed by atoms with Crippen molar-refractivity contribution in [2.24, 2.45) is 0 Å². The molecule has 0 aliphatic heterocycles. The molecule has 0 unspecified atom stereocenters. The molecule has 4 aromatic heterocycles. The van der Waals surface area contributed by atoms with Crippen LogP contribution in [0.25, 0.3) is 93.9 Å². The zero-order chi connectivity index (χ0) is 36.0. The lowest BCUT2D eigenvalue weighted by molar-refractivity contribution is 0.617. The third-order valence-electron chi connectivity index (χ3n) is 10.8. The van der Waals surface area contributed by atoms with Crippen molar-refractivity contribution in [2.45, 2.75) is 0 Å². The highest BCUT2D eigenvalue weighted by molar-refractivity contribution is 6.19. The predicted molar refractivity (Wildman–Crippen MR) is 223 cm³/mol. The number of rotatable bonds is 5. The Labute approximate surface area is 313 Å². The lowest BCUT2D eigenvalue weighted by Crippen LogP contribution is -2.12. The van der Waals surface area contributed by atoms with Gasteiger partial charge in [-0.2, -0.15) is 0 Å². The zero-order valence-electron chi connectivity index (χ0n) is 29.3. The van der Waals surface area contributed by atoms with E-state index in [1.807, 2.05) is 54.6 Å². The molecule has 0 fully saturated rings. The third kappa shape index (κ3) is 4.46. The van der Waals surface area contributed by atoms with Gasteiger partial charge in [-0.25, -0.2) is 4.98 Å². The van der Waals surface area contributed by atoms with E-state index in [9.17, 15) is 0 Å². The molecule has 0 amide bonds. The van der Waals surface area contributed by atoms with Gasteiger partial charge >= 0.3 is 0 Å². The van der Waals surface area contributed by atoms with E-state index in [0.717, 1.165) is 88.7 Å². The molecule has 0 radical (unpaired) electrons. The van der Waals surface area contributed by atoms with Gasteiger partial charge in [0.25, 0.3) is 0 Å². The number of aromatic nitrogens is 2. The monoisotopic (exact) mass is 707 g/mol. The van der Waals surface area contributed by atoms with Crippen LogP contribution >= 0.6 is 0 Å². The van der Waals surface area contributed by atoms with E-state index >= 15 is 0 Å². The molecule has 0 aliphatic rings. The molecule has 0 spiro atoms. The summed E-state index contributed by atoms with van der Waals surface area (Å²) in [4.78, 5) is 7.32. The maximum atomic E-state index is 6.65. The van der Waals surface area contributed by atoms with Gasteiger partial charge < -0.3 is 22.7 Å². The topological polar surface area (TPSA) is 60.5 Å². The van der Waals surface area contributed by atoms with Crippen molar-refractivity contribution in [2.75, 3.05) is 4.90 Å². The molecule has 12 rings (SSSR count). The largest absolute Gasteiger partial charge is 0.456 e. The number of benzene rings is 8. The molecule has 258 valence electrons. The first-order valence-electron chi connectivity index (χ1n) is 18.4. The average Bonchev–Trinajstić information content (AvgIpc) is 4.01. The molecule has 6 heteroatoms. The van der Waals surface area contributed by atoms with E-state index in [1.165, 1.54) is 10.8 Å². The van der Waals surface area contributed by atoms with Gasteiger partial charge in [-0.05, 0) is 78.9 Å². The van der Waals surface area contributed by atoms with Gasteiger partial charge in [0.2, 0.25) is 5.89 Å². The first-order valence-corrected chi connectivity index (χ1v) is 18.4. The zero-order valence-corrected chi connectivity index (χ0v) is 29.3. The Morgan fingerprint density at radius 3 is 2.02 bits per heavy atom. The first kappa shape index (κ1) is 29.9. The number of anilines is 3. The maximum absolute atomic E-state index is 6.65. The second kappa shape index (κ2) is 11.5. The van der Waals surface area contributed by atoms with Crippen molar-refractivity contribution in [3.8, 4) is 17.1 Å². The summed E-state index contributed by atoms with van der Waals surface area (Å²) in [6.45, 7) is 0. The lowest BCUT2D eigenvalue weighted by atomic mass is 10.1. The summed E-state index contributed by atoms with van der Waals surface area (Å²) in [5, 5.41) is 6.43. The minimum Gasteiger partial charge on any atom is -0.456 e.